The largest absolute Gasteiger partial charge is 0.476 e. The SMILES string of the molecule is CC(C)N(C)CCCNc1nc(C(=O)O)co1. The van der Waals surface area contributed by atoms with E-state index in [2.05, 4.69) is 36.1 Å². The molecule has 6 heteroatoms. The lowest BCUT2D eigenvalue weighted by atomic mass is 10.3. The van der Waals surface area contributed by atoms with E-state index in [-0.39, 0.29) is 11.7 Å². The Kier molecular flexibility index (Phi) is 4.96. The Morgan fingerprint density at radius 3 is 2.88 bits per heavy atom. The Labute approximate surface area is 101 Å². The highest BCUT2D eigenvalue weighted by atomic mass is 16.4. The van der Waals surface area contributed by atoms with Crippen LogP contribution < -0.4 is 5.32 Å². The molecule has 1 aromatic heterocycles. The molecular weight excluding hydrogens is 222 g/mol. The molecule has 0 fully saturated rings. The van der Waals surface area contributed by atoms with Crippen LogP contribution in [-0.4, -0.2) is 47.1 Å². The zero-order valence-corrected chi connectivity index (χ0v) is 10.4. The van der Waals surface area contributed by atoms with Crippen LogP contribution in [0.5, 0.6) is 0 Å². The molecule has 0 saturated heterocycles. The molecule has 0 aliphatic heterocycles. The summed E-state index contributed by atoms with van der Waals surface area (Å²) in [6, 6.07) is 0.782. The van der Waals surface area contributed by atoms with Crippen molar-refractivity contribution < 1.29 is 14.3 Å². The third-order valence-corrected chi connectivity index (χ3v) is 2.57. The van der Waals surface area contributed by atoms with Crippen LogP contribution in [-0.2, 0) is 0 Å². The van der Waals surface area contributed by atoms with E-state index >= 15 is 0 Å². The van der Waals surface area contributed by atoms with Gasteiger partial charge in [-0.25, -0.2) is 4.79 Å². The van der Waals surface area contributed by atoms with Crippen molar-refractivity contribution in [3.8, 4) is 0 Å². The van der Waals surface area contributed by atoms with Gasteiger partial charge in [0.25, 0.3) is 6.01 Å². The van der Waals surface area contributed by atoms with Gasteiger partial charge in [-0.15, -0.1) is 0 Å². The highest BCUT2D eigenvalue weighted by molar-refractivity contribution is 5.85. The van der Waals surface area contributed by atoms with Crippen LogP contribution in [0.4, 0.5) is 6.01 Å². The van der Waals surface area contributed by atoms with Crippen molar-refractivity contribution in [3.63, 3.8) is 0 Å². The fourth-order valence-electron chi connectivity index (χ4n) is 1.24. The summed E-state index contributed by atoms with van der Waals surface area (Å²) in [4.78, 5) is 16.6. The van der Waals surface area contributed by atoms with Gasteiger partial charge in [-0.05, 0) is 33.9 Å². The maximum absolute atomic E-state index is 10.6. The molecule has 96 valence electrons. The van der Waals surface area contributed by atoms with Crippen LogP contribution in [0.1, 0.15) is 30.8 Å². The van der Waals surface area contributed by atoms with Crippen LogP contribution >= 0.6 is 0 Å². The molecule has 0 aliphatic carbocycles. The molecular formula is C11H19N3O3. The lowest BCUT2D eigenvalue weighted by Gasteiger charge is -2.20. The minimum atomic E-state index is -1.08. The maximum atomic E-state index is 10.6. The topological polar surface area (TPSA) is 78.6 Å². The van der Waals surface area contributed by atoms with Gasteiger partial charge >= 0.3 is 5.97 Å². The van der Waals surface area contributed by atoms with Gasteiger partial charge in [-0.1, -0.05) is 0 Å². The van der Waals surface area contributed by atoms with Crippen molar-refractivity contribution in [3.05, 3.63) is 12.0 Å². The summed E-state index contributed by atoms with van der Waals surface area (Å²) in [5.41, 5.74) is -0.0770. The lowest BCUT2D eigenvalue weighted by molar-refractivity contribution is 0.0690. The van der Waals surface area contributed by atoms with E-state index < -0.39 is 5.97 Å². The molecule has 0 radical (unpaired) electrons. The van der Waals surface area contributed by atoms with Crippen LogP contribution in [0.25, 0.3) is 0 Å². The number of anilines is 1. The number of carbonyl (C=O) groups is 1. The summed E-state index contributed by atoms with van der Waals surface area (Å²) in [5, 5.41) is 11.6. The molecule has 1 aromatic rings. The molecule has 2 N–H and O–H groups in total. The number of aromatic carboxylic acids is 1. The molecule has 1 heterocycles. The maximum Gasteiger partial charge on any atom is 0.357 e. The van der Waals surface area contributed by atoms with Gasteiger partial charge in [-0.2, -0.15) is 4.98 Å². The molecule has 0 amide bonds. The highest BCUT2D eigenvalue weighted by Crippen LogP contribution is 2.07. The molecule has 0 aliphatic rings. The van der Waals surface area contributed by atoms with E-state index in [0.717, 1.165) is 19.2 Å². The van der Waals surface area contributed by atoms with Crippen molar-refractivity contribution in [1.82, 2.24) is 9.88 Å². The second-order valence-corrected chi connectivity index (χ2v) is 4.20. The number of oxazole rings is 1. The first kappa shape index (κ1) is 13.5. The van der Waals surface area contributed by atoms with E-state index in [1.54, 1.807) is 0 Å². The Bertz CT molecular complexity index is 363. The van der Waals surface area contributed by atoms with Crippen molar-refractivity contribution in [1.29, 1.82) is 0 Å². The first-order valence-electron chi connectivity index (χ1n) is 5.63. The Morgan fingerprint density at radius 2 is 2.35 bits per heavy atom. The Hall–Kier alpha value is -1.56. The van der Waals surface area contributed by atoms with Gasteiger partial charge < -0.3 is 19.7 Å². The van der Waals surface area contributed by atoms with E-state index in [4.69, 9.17) is 9.52 Å². The minimum absolute atomic E-state index is 0.0770. The number of nitrogens with zero attached hydrogens (tertiary/aromatic N) is 2. The van der Waals surface area contributed by atoms with E-state index in [9.17, 15) is 4.79 Å². The first-order chi connectivity index (χ1) is 8.00. The lowest BCUT2D eigenvalue weighted by Crippen LogP contribution is -2.28. The predicted octanol–water partition coefficient (Wildman–Crippen LogP) is 1.51. The van der Waals surface area contributed by atoms with Crippen molar-refractivity contribution in [2.24, 2.45) is 0 Å². The predicted molar refractivity (Wildman–Crippen MR) is 64.3 cm³/mol. The number of hydrogen-bond acceptors (Lipinski definition) is 5. The smallest absolute Gasteiger partial charge is 0.357 e. The zero-order valence-electron chi connectivity index (χ0n) is 10.4. The number of aromatic nitrogens is 1. The molecule has 0 spiro atoms. The van der Waals surface area contributed by atoms with Crippen LogP contribution in [0.15, 0.2) is 10.7 Å². The van der Waals surface area contributed by atoms with Gasteiger partial charge in [0.2, 0.25) is 0 Å². The first-order valence-corrected chi connectivity index (χ1v) is 5.63. The minimum Gasteiger partial charge on any atom is -0.476 e. The molecule has 0 aromatic carbocycles. The van der Waals surface area contributed by atoms with E-state index in [0.29, 0.717) is 12.6 Å². The summed E-state index contributed by atoms with van der Waals surface area (Å²) in [6.07, 6.45) is 2.07. The highest BCUT2D eigenvalue weighted by Gasteiger charge is 2.09. The van der Waals surface area contributed by atoms with Crippen molar-refractivity contribution in [2.45, 2.75) is 26.3 Å². The van der Waals surface area contributed by atoms with Crippen molar-refractivity contribution in [2.75, 3.05) is 25.5 Å². The third kappa shape index (κ3) is 4.44. The van der Waals surface area contributed by atoms with E-state index in [1.807, 2.05) is 0 Å². The molecule has 0 bridgehead atoms. The van der Waals surface area contributed by atoms with Gasteiger partial charge in [0, 0.05) is 12.6 Å². The number of rotatable bonds is 7. The fourth-order valence-corrected chi connectivity index (χ4v) is 1.24. The number of hydrogen-bond donors (Lipinski definition) is 2. The number of carboxylic acid groups (broad SMARTS) is 1. The summed E-state index contributed by atoms with van der Waals surface area (Å²) < 4.78 is 4.96. The van der Waals surface area contributed by atoms with Gasteiger partial charge in [-0.3, -0.25) is 0 Å². The average Bonchev–Trinajstić information content (AvgIpc) is 2.72. The fraction of sp³-hybridized carbons (Fsp3) is 0.636. The third-order valence-electron chi connectivity index (χ3n) is 2.57. The second-order valence-electron chi connectivity index (χ2n) is 4.20. The summed E-state index contributed by atoms with van der Waals surface area (Å²) in [6.45, 7) is 5.95. The molecule has 17 heavy (non-hydrogen) atoms. The van der Waals surface area contributed by atoms with Gasteiger partial charge in [0.1, 0.15) is 6.26 Å². The summed E-state index contributed by atoms with van der Waals surface area (Å²) in [5.74, 6) is -1.08. The summed E-state index contributed by atoms with van der Waals surface area (Å²) >= 11 is 0. The van der Waals surface area contributed by atoms with Crippen LogP contribution in [0, 0.1) is 0 Å². The molecule has 1 rings (SSSR count). The van der Waals surface area contributed by atoms with Crippen LogP contribution in [0.3, 0.4) is 0 Å². The monoisotopic (exact) mass is 241 g/mol. The van der Waals surface area contributed by atoms with E-state index in [1.165, 1.54) is 0 Å². The molecule has 0 saturated carbocycles. The van der Waals surface area contributed by atoms with Gasteiger partial charge in [0.05, 0.1) is 0 Å². The standard InChI is InChI=1S/C11H19N3O3/c1-8(2)14(3)6-4-5-12-11-13-9(7-17-11)10(15)16/h7-8H,4-6H2,1-3H3,(H,12,13)(H,15,16). The Morgan fingerprint density at radius 1 is 1.65 bits per heavy atom. The second kappa shape index (κ2) is 6.24. The number of carboxylic acids is 1. The Balaban J connectivity index is 2.24. The van der Waals surface area contributed by atoms with Crippen molar-refractivity contribution >= 4 is 12.0 Å². The van der Waals surface area contributed by atoms with Gasteiger partial charge in [0.15, 0.2) is 5.69 Å². The molecule has 0 unspecified atom stereocenters. The number of nitrogens with one attached hydrogen (secondary N) is 1. The zero-order chi connectivity index (χ0) is 12.8. The summed E-state index contributed by atoms with van der Waals surface area (Å²) in [7, 11) is 2.07. The van der Waals surface area contributed by atoms with Crippen LogP contribution in [0.2, 0.25) is 0 Å². The average molecular weight is 241 g/mol. The normalized spacial score (nSPS) is 11.1. The molecule has 0 atom stereocenters. The quantitative estimate of drug-likeness (QED) is 0.704. The molecule has 6 nitrogen and oxygen atoms in total.